The number of carboxylic acids is 1. The Hall–Kier alpha value is -1.06. The third-order valence-electron chi connectivity index (χ3n) is 3.00. The maximum Gasteiger partial charge on any atom is 0.322 e. The molecule has 0 bridgehead atoms. The SMILES string of the molecule is O=C(O)CC1CN(C(=O)Nc2ccc(Cl)cc2I)CCO1. The van der Waals surface area contributed by atoms with Crippen LogP contribution in [0.4, 0.5) is 10.5 Å². The van der Waals surface area contributed by atoms with Crippen LogP contribution in [0.3, 0.4) is 0 Å². The second kappa shape index (κ2) is 7.28. The molecule has 114 valence electrons. The van der Waals surface area contributed by atoms with Gasteiger partial charge in [-0.2, -0.15) is 0 Å². The zero-order chi connectivity index (χ0) is 15.4. The van der Waals surface area contributed by atoms with Crippen molar-refractivity contribution in [3.8, 4) is 0 Å². The Labute approximate surface area is 140 Å². The van der Waals surface area contributed by atoms with Gasteiger partial charge in [-0.25, -0.2) is 4.79 Å². The molecule has 1 aliphatic heterocycles. The molecule has 21 heavy (non-hydrogen) atoms. The molecule has 0 spiro atoms. The number of rotatable bonds is 3. The molecule has 1 saturated heterocycles. The summed E-state index contributed by atoms with van der Waals surface area (Å²) in [7, 11) is 0. The Kier molecular flexibility index (Phi) is 5.65. The standard InChI is InChI=1S/C13H14ClIN2O4/c14-8-1-2-11(10(15)5-8)16-13(20)17-3-4-21-9(7-17)6-12(18)19/h1-2,5,9H,3-4,6-7H2,(H,16,20)(H,18,19). The first-order valence-corrected chi connectivity index (χ1v) is 7.76. The number of aliphatic carboxylic acids is 1. The number of ether oxygens (including phenoxy) is 1. The van der Waals surface area contributed by atoms with Crippen molar-refractivity contribution < 1.29 is 19.4 Å². The highest BCUT2D eigenvalue weighted by atomic mass is 127. The van der Waals surface area contributed by atoms with Crippen molar-refractivity contribution in [3.63, 3.8) is 0 Å². The van der Waals surface area contributed by atoms with Crippen LogP contribution in [0.15, 0.2) is 18.2 Å². The lowest BCUT2D eigenvalue weighted by Gasteiger charge is -2.32. The second-order valence-electron chi connectivity index (χ2n) is 4.59. The van der Waals surface area contributed by atoms with Gasteiger partial charge in [0, 0.05) is 21.7 Å². The third-order valence-corrected chi connectivity index (χ3v) is 4.13. The quantitative estimate of drug-likeness (QED) is 0.731. The molecule has 1 unspecified atom stereocenters. The van der Waals surface area contributed by atoms with Crippen LogP contribution in [0.5, 0.6) is 0 Å². The minimum absolute atomic E-state index is 0.109. The first-order chi connectivity index (χ1) is 9.95. The Morgan fingerprint density at radius 2 is 2.29 bits per heavy atom. The van der Waals surface area contributed by atoms with Gasteiger partial charge in [0.1, 0.15) is 0 Å². The van der Waals surface area contributed by atoms with Crippen molar-refractivity contribution in [3.05, 3.63) is 26.8 Å². The molecule has 1 fully saturated rings. The highest BCUT2D eigenvalue weighted by molar-refractivity contribution is 14.1. The first kappa shape index (κ1) is 16.3. The number of hydrogen-bond acceptors (Lipinski definition) is 3. The maximum absolute atomic E-state index is 12.2. The predicted molar refractivity (Wildman–Crippen MR) is 86.8 cm³/mol. The van der Waals surface area contributed by atoms with Gasteiger partial charge in [0.25, 0.3) is 0 Å². The number of hydrogen-bond donors (Lipinski definition) is 2. The summed E-state index contributed by atoms with van der Waals surface area (Å²) >= 11 is 7.96. The number of amides is 2. The van der Waals surface area contributed by atoms with E-state index in [9.17, 15) is 9.59 Å². The fourth-order valence-corrected chi connectivity index (χ4v) is 3.01. The number of halogens is 2. The van der Waals surface area contributed by atoms with E-state index in [4.69, 9.17) is 21.4 Å². The van der Waals surface area contributed by atoms with Crippen molar-refractivity contribution in [2.75, 3.05) is 25.0 Å². The molecule has 0 saturated carbocycles. The fourth-order valence-electron chi connectivity index (χ4n) is 2.01. The fraction of sp³-hybridized carbons (Fsp3) is 0.385. The van der Waals surface area contributed by atoms with Crippen LogP contribution < -0.4 is 5.32 Å². The average Bonchev–Trinajstić information content (AvgIpc) is 2.41. The summed E-state index contributed by atoms with van der Waals surface area (Å²) in [5.41, 5.74) is 0.672. The van der Waals surface area contributed by atoms with Crippen LogP contribution in [0.2, 0.25) is 5.02 Å². The molecule has 0 aliphatic carbocycles. The topological polar surface area (TPSA) is 78.9 Å². The number of benzene rings is 1. The zero-order valence-electron chi connectivity index (χ0n) is 11.0. The van der Waals surface area contributed by atoms with E-state index in [1.807, 2.05) is 0 Å². The summed E-state index contributed by atoms with van der Waals surface area (Å²) in [5.74, 6) is -0.936. The predicted octanol–water partition coefficient (Wildman–Crippen LogP) is 2.65. The number of carbonyl (C=O) groups excluding carboxylic acids is 1. The number of nitrogens with one attached hydrogen (secondary N) is 1. The van der Waals surface area contributed by atoms with Crippen molar-refractivity contribution in [1.82, 2.24) is 4.90 Å². The van der Waals surface area contributed by atoms with E-state index < -0.39 is 12.1 Å². The van der Waals surface area contributed by atoms with Crippen molar-refractivity contribution >= 4 is 51.9 Å². The van der Waals surface area contributed by atoms with Gasteiger partial charge in [0.15, 0.2) is 0 Å². The normalized spacial score (nSPS) is 18.4. The van der Waals surface area contributed by atoms with E-state index in [1.54, 1.807) is 23.1 Å². The monoisotopic (exact) mass is 424 g/mol. The molecule has 8 heteroatoms. The molecule has 2 N–H and O–H groups in total. The molecule has 1 aromatic rings. The molecule has 2 amide bonds. The Bertz CT molecular complexity index is 555. The second-order valence-corrected chi connectivity index (χ2v) is 6.19. The maximum atomic E-state index is 12.2. The van der Waals surface area contributed by atoms with Gasteiger partial charge < -0.3 is 20.1 Å². The number of anilines is 1. The van der Waals surface area contributed by atoms with Gasteiger partial charge in [0.2, 0.25) is 0 Å². The van der Waals surface area contributed by atoms with Crippen molar-refractivity contribution in [2.45, 2.75) is 12.5 Å². The molecule has 1 aliphatic rings. The van der Waals surface area contributed by atoms with E-state index in [0.29, 0.717) is 23.9 Å². The molecule has 0 radical (unpaired) electrons. The number of urea groups is 1. The van der Waals surface area contributed by atoms with Crippen molar-refractivity contribution in [1.29, 1.82) is 0 Å². The summed E-state index contributed by atoms with van der Waals surface area (Å²) in [6, 6.07) is 4.92. The largest absolute Gasteiger partial charge is 0.481 e. The van der Waals surface area contributed by atoms with Crippen LogP contribution in [-0.2, 0) is 9.53 Å². The molecular weight excluding hydrogens is 411 g/mol. The molecule has 6 nitrogen and oxygen atoms in total. The Morgan fingerprint density at radius 3 is 2.95 bits per heavy atom. The zero-order valence-corrected chi connectivity index (χ0v) is 13.9. The summed E-state index contributed by atoms with van der Waals surface area (Å²) < 4.78 is 6.17. The van der Waals surface area contributed by atoms with Gasteiger partial charge in [-0.05, 0) is 40.8 Å². The third kappa shape index (κ3) is 4.72. The molecule has 1 aromatic carbocycles. The lowest BCUT2D eigenvalue weighted by Crippen LogP contribution is -2.48. The molecule has 2 rings (SSSR count). The van der Waals surface area contributed by atoms with Gasteiger partial charge in [-0.3, -0.25) is 4.79 Å². The Morgan fingerprint density at radius 1 is 1.52 bits per heavy atom. The smallest absolute Gasteiger partial charge is 0.322 e. The van der Waals surface area contributed by atoms with E-state index >= 15 is 0 Å². The summed E-state index contributed by atoms with van der Waals surface area (Å²) in [5, 5.41) is 12.2. The van der Waals surface area contributed by atoms with Crippen LogP contribution in [-0.4, -0.2) is 47.8 Å². The van der Waals surface area contributed by atoms with Gasteiger partial charge in [0.05, 0.1) is 24.8 Å². The first-order valence-electron chi connectivity index (χ1n) is 6.30. The minimum Gasteiger partial charge on any atom is -0.481 e. The lowest BCUT2D eigenvalue weighted by molar-refractivity contribution is -0.141. The van der Waals surface area contributed by atoms with Crippen molar-refractivity contribution in [2.24, 2.45) is 0 Å². The number of nitrogens with zero attached hydrogens (tertiary/aromatic N) is 1. The van der Waals surface area contributed by atoms with E-state index in [-0.39, 0.29) is 19.0 Å². The number of carboxylic acid groups (broad SMARTS) is 1. The van der Waals surface area contributed by atoms with E-state index in [2.05, 4.69) is 27.9 Å². The van der Waals surface area contributed by atoms with Crippen LogP contribution >= 0.6 is 34.2 Å². The summed E-state index contributed by atoms with van der Waals surface area (Å²) in [4.78, 5) is 24.5. The molecule has 1 atom stereocenters. The van der Waals surface area contributed by atoms with Gasteiger partial charge >= 0.3 is 12.0 Å². The lowest BCUT2D eigenvalue weighted by atomic mass is 10.2. The highest BCUT2D eigenvalue weighted by Gasteiger charge is 2.26. The highest BCUT2D eigenvalue weighted by Crippen LogP contribution is 2.23. The summed E-state index contributed by atoms with van der Waals surface area (Å²) in [6.45, 7) is 1.04. The molecule has 1 heterocycles. The summed E-state index contributed by atoms with van der Waals surface area (Å²) in [6.07, 6.45) is -0.575. The number of morpholine rings is 1. The molecule has 0 aromatic heterocycles. The van der Waals surface area contributed by atoms with Crippen LogP contribution in [0, 0.1) is 3.57 Å². The van der Waals surface area contributed by atoms with E-state index in [0.717, 1.165) is 3.57 Å². The molecular formula is C13H14ClIN2O4. The number of carbonyl (C=O) groups is 2. The van der Waals surface area contributed by atoms with Gasteiger partial charge in [-0.15, -0.1) is 0 Å². The van der Waals surface area contributed by atoms with Gasteiger partial charge in [-0.1, -0.05) is 11.6 Å². The minimum atomic E-state index is -0.936. The Balaban J connectivity index is 1.97. The van der Waals surface area contributed by atoms with E-state index in [1.165, 1.54) is 0 Å². The van der Waals surface area contributed by atoms with Crippen LogP contribution in [0.25, 0.3) is 0 Å². The average molecular weight is 425 g/mol. The van der Waals surface area contributed by atoms with Crippen LogP contribution in [0.1, 0.15) is 6.42 Å².